The molecule has 4 nitrogen and oxygen atoms in total. The standard InChI is InChI=1S/C13H14BrNO3/c1-13(2,7-11(16)17)6-10-15-9-5-3-4-8(14)12(9)18-10/h3-5H,6-7H2,1-2H3,(H,16,17). The van der Waals surface area contributed by atoms with Gasteiger partial charge in [-0.25, -0.2) is 4.98 Å². The molecule has 0 aliphatic carbocycles. The number of nitrogens with zero attached hydrogens (tertiary/aromatic N) is 1. The van der Waals surface area contributed by atoms with Gasteiger partial charge in [-0.3, -0.25) is 4.79 Å². The summed E-state index contributed by atoms with van der Waals surface area (Å²) in [6.45, 7) is 3.79. The quantitative estimate of drug-likeness (QED) is 0.936. The second kappa shape index (κ2) is 4.72. The molecule has 96 valence electrons. The van der Waals surface area contributed by atoms with E-state index >= 15 is 0 Å². The van der Waals surface area contributed by atoms with Crippen molar-refractivity contribution in [3.05, 3.63) is 28.6 Å². The Kier molecular flexibility index (Phi) is 3.43. The minimum Gasteiger partial charge on any atom is -0.481 e. The lowest BCUT2D eigenvalue weighted by Crippen LogP contribution is -2.19. The molecule has 0 aliphatic heterocycles. The van der Waals surface area contributed by atoms with E-state index in [4.69, 9.17) is 9.52 Å². The second-order valence-electron chi connectivity index (χ2n) is 5.11. The van der Waals surface area contributed by atoms with Gasteiger partial charge in [0, 0.05) is 6.42 Å². The summed E-state index contributed by atoms with van der Waals surface area (Å²) in [6, 6.07) is 5.65. The Morgan fingerprint density at radius 3 is 2.83 bits per heavy atom. The van der Waals surface area contributed by atoms with Crippen LogP contribution in [0.25, 0.3) is 11.1 Å². The van der Waals surface area contributed by atoms with Crippen LogP contribution < -0.4 is 0 Å². The van der Waals surface area contributed by atoms with Gasteiger partial charge in [-0.1, -0.05) is 19.9 Å². The van der Waals surface area contributed by atoms with Crippen LogP contribution in [-0.2, 0) is 11.2 Å². The fraction of sp³-hybridized carbons (Fsp3) is 0.385. The molecule has 1 heterocycles. The molecule has 2 rings (SSSR count). The van der Waals surface area contributed by atoms with E-state index in [9.17, 15) is 4.79 Å². The molecule has 0 aliphatic rings. The minimum atomic E-state index is -0.808. The van der Waals surface area contributed by atoms with E-state index in [2.05, 4.69) is 20.9 Å². The van der Waals surface area contributed by atoms with Crippen molar-refractivity contribution in [1.29, 1.82) is 0 Å². The second-order valence-corrected chi connectivity index (χ2v) is 5.96. The Balaban J connectivity index is 2.27. The molecule has 0 bridgehead atoms. The molecule has 0 unspecified atom stereocenters. The number of rotatable bonds is 4. The molecular formula is C13H14BrNO3. The molecule has 0 radical (unpaired) electrons. The maximum Gasteiger partial charge on any atom is 0.303 e. The largest absolute Gasteiger partial charge is 0.481 e. The highest BCUT2D eigenvalue weighted by molar-refractivity contribution is 9.10. The van der Waals surface area contributed by atoms with E-state index in [-0.39, 0.29) is 11.8 Å². The first kappa shape index (κ1) is 13.1. The Bertz CT molecular complexity index is 589. The average molecular weight is 312 g/mol. The van der Waals surface area contributed by atoms with Gasteiger partial charge in [0.15, 0.2) is 11.5 Å². The highest BCUT2D eigenvalue weighted by atomic mass is 79.9. The lowest BCUT2D eigenvalue weighted by atomic mass is 9.86. The maximum atomic E-state index is 10.8. The van der Waals surface area contributed by atoms with Crippen LogP contribution in [0.1, 0.15) is 26.2 Å². The summed E-state index contributed by atoms with van der Waals surface area (Å²) in [5.41, 5.74) is 1.11. The van der Waals surface area contributed by atoms with Gasteiger partial charge in [0.05, 0.1) is 10.9 Å². The predicted molar refractivity (Wildman–Crippen MR) is 71.4 cm³/mol. The van der Waals surface area contributed by atoms with Crippen LogP contribution in [-0.4, -0.2) is 16.1 Å². The van der Waals surface area contributed by atoms with Gasteiger partial charge in [0.1, 0.15) is 5.52 Å². The topological polar surface area (TPSA) is 63.3 Å². The number of fused-ring (bicyclic) bond motifs is 1. The van der Waals surface area contributed by atoms with Crippen LogP contribution in [0.5, 0.6) is 0 Å². The third kappa shape index (κ3) is 2.90. The number of hydrogen-bond acceptors (Lipinski definition) is 3. The van der Waals surface area contributed by atoms with Crippen molar-refractivity contribution in [3.63, 3.8) is 0 Å². The molecular weight excluding hydrogens is 298 g/mol. The van der Waals surface area contributed by atoms with Gasteiger partial charge >= 0.3 is 5.97 Å². The van der Waals surface area contributed by atoms with Crippen molar-refractivity contribution in [2.75, 3.05) is 0 Å². The van der Waals surface area contributed by atoms with Crippen molar-refractivity contribution in [2.24, 2.45) is 5.41 Å². The first-order valence-electron chi connectivity index (χ1n) is 5.63. The smallest absolute Gasteiger partial charge is 0.303 e. The van der Waals surface area contributed by atoms with Crippen molar-refractivity contribution in [2.45, 2.75) is 26.7 Å². The number of oxazole rings is 1. The number of hydrogen-bond donors (Lipinski definition) is 1. The SMILES string of the molecule is CC(C)(CC(=O)O)Cc1nc2cccc(Br)c2o1. The number of para-hydroxylation sites is 1. The summed E-state index contributed by atoms with van der Waals surface area (Å²) in [7, 11) is 0. The van der Waals surface area contributed by atoms with E-state index in [1.54, 1.807) is 0 Å². The zero-order valence-corrected chi connectivity index (χ0v) is 11.8. The third-order valence-corrected chi connectivity index (χ3v) is 3.30. The molecule has 0 saturated heterocycles. The van der Waals surface area contributed by atoms with Gasteiger partial charge in [0.25, 0.3) is 0 Å². The summed E-state index contributed by atoms with van der Waals surface area (Å²) in [5, 5.41) is 8.85. The summed E-state index contributed by atoms with van der Waals surface area (Å²) >= 11 is 3.40. The van der Waals surface area contributed by atoms with Crippen LogP contribution in [0, 0.1) is 5.41 Å². The Labute approximate surface area is 113 Å². The lowest BCUT2D eigenvalue weighted by molar-refractivity contribution is -0.139. The average Bonchev–Trinajstić information content (AvgIpc) is 2.58. The van der Waals surface area contributed by atoms with Gasteiger partial charge in [-0.05, 0) is 33.5 Å². The third-order valence-electron chi connectivity index (χ3n) is 2.67. The molecule has 0 fully saturated rings. The summed E-state index contributed by atoms with van der Waals surface area (Å²) in [6.07, 6.45) is 0.591. The molecule has 1 aromatic carbocycles. The molecule has 2 aromatic rings. The van der Waals surface area contributed by atoms with Crippen molar-refractivity contribution in [1.82, 2.24) is 4.98 Å². The summed E-state index contributed by atoms with van der Waals surface area (Å²) in [4.78, 5) is 15.1. The number of benzene rings is 1. The number of carbonyl (C=O) groups is 1. The van der Waals surface area contributed by atoms with Gasteiger partial charge < -0.3 is 9.52 Å². The molecule has 0 saturated carbocycles. The Morgan fingerprint density at radius 1 is 1.50 bits per heavy atom. The predicted octanol–water partition coefficient (Wildman–Crippen LogP) is 3.63. The highest BCUT2D eigenvalue weighted by Crippen LogP contribution is 2.29. The van der Waals surface area contributed by atoms with Crippen molar-refractivity contribution in [3.8, 4) is 0 Å². The normalized spacial score (nSPS) is 11.9. The molecule has 0 spiro atoms. The van der Waals surface area contributed by atoms with Crippen LogP contribution in [0.4, 0.5) is 0 Å². The van der Waals surface area contributed by atoms with Crippen LogP contribution in [0.3, 0.4) is 0 Å². The number of halogens is 1. The monoisotopic (exact) mass is 311 g/mol. The molecule has 18 heavy (non-hydrogen) atoms. The minimum absolute atomic E-state index is 0.0902. The first-order chi connectivity index (χ1) is 8.37. The number of carboxylic acids is 1. The van der Waals surface area contributed by atoms with Crippen LogP contribution >= 0.6 is 15.9 Å². The van der Waals surface area contributed by atoms with Crippen molar-refractivity contribution < 1.29 is 14.3 Å². The van der Waals surface area contributed by atoms with Gasteiger partial charge in [-0.2, -0.15) is 0 Å². The fourth-order valence-corrected chi connectivity index (χ4v) is 2.36. The summed E-state index contributed by atoms with van der Waals surface area (Å²) in [5.74, 6) is -0.236. The van der Waals surface area contributed by atoms with E-state index in [0.717, 1.165) is 9.99 Å². The first-order valence-corrected chi connectivity index (χ1v) is 6.42. The van der Waals surface area contributed by atoms with Gasteiger partial charge in [-0.15, -0.1) is 0 Å². The Morgan fingerprint density at radius 2 is 2.22 bits per heavy atom. The van der Waals surface area contributed by atoms with E-state index < -0.39 is 5.97 Å². The lowest BCUT2D eigenvalue weighted by Gasteiger charge is -2.19. The summed E-state index contributed by atoms with van der Waals surface area (Å²) < 4.78 is 6.52. The Hall–Kier alpha value is -1.36. The molecule has 0 amide bonds. The molecule has 5 heteroatoms. The van der Waals surface area contributed by atoms with E-state index in [0.29, 0.717) is 17.9 Å². The van der Waals surface area contributed by atoms with E-state index in [1.807, 2.05) is 32.0 Å². The zero-order valence-electron chi connectivity index (χ0n) is 10.2. The van der Waals surface area contributed by atoms with Crippen LogP contribution in [0.15, 0.2) is 27.1 Å². The van der Waals surface area contributed by atoms with Crippen molar-refractivity contribution >= 4 is 33.0 Å². The van der Waals surface area contributed by atoms with Gasteiger partial charge in [0.2, 0.25) is 0 Å². The number of carboxylic acid groups (broad SMARTS) is 1. The number of aromatic nitrogens is 1. The van der Waals surface area contributed by atoms with Crippen LogP contribution in [0.2, 0.25) is 0 Å². The zero-order chi connectivity index (χ0) is 13.3. The maximum absolute atomic E-state index is 10.8. The molecule has 1 N–H and O–H groups in total. The fourth-order valence-electron chi connectivity index (χ4n) is 1.92. The highest BCUT2D eigenvalue weighted by Gasteiger charge is 2.25. The number of aliphatic carboxylic acids is 1. The van der Waals surface area contributed by atoms with E-state index in [1.165, 1.54) is 0 Å². The molecule has 0 atom stereocenters. The molecule has 1 aromatic heterocycles.